The molecule has 0 fully saturated rings. The Kier molecular flexibility index (Phi) is 8.98. The molecule has 0 saturated carbocycles. The topological polar surface area (TPSA) is 108 Å². The van der Waals surface area contributed by atoms with Crippen molar-refractivity contribution in [1.29, 1.82) is 0 Å². The number of hydrogen-bond acceptors (Lipinski definition) is 5. The fraction of sp³-hybridized carbons (Fsp3) is 0.100. The van der Waals surface area contributed by atoms with Crippen molar-refractivity contribution in [3.8, 4) is 0 Å². The Morgan fingerprint density at radius 3 is 2.23 bits per heavy atom. The molecule has 40 heavy (non-hydrogen) atoms. The molecule has 0 bridgehead atoms. The molecule has 204 valence electrons. The third kappa shape index (κ3) is 7.34. The summed E-state index contributed by atoms with van der Waals surface area (Å²) < 4.78 is 26.6. The number of benzene rings is 4. The van der Waals surface area contributed by atoms with Gasteiger partial charge in [0.05, 0.1) is 29.8 Å². The Bertz CT molecular complexity index is 1670. The third-order valence-electron chi connectivity index (χ3n) is 5.94. The summed E-state index contributed by atoms with van der Waals surface area (Å²) in [4.78, 5) is 25.8. The molecular formula is C30H27ClN4O4S. The molecule has 0 atom stereocenters. The number of carbonyl (C=O) groups excluding carboxylic acids is 2. The molecule has 4 rings (SSSR count). The SMILES string of the molecule is CC(=NNC(=O)c1ccccc1N(Cc1ccccc1)S(C)(=O)=O)c1cccc(NC(=O)c2cccc(Cl)c2)c1. The minimum atomic E-state index is -3.71. The lowest BCUT2D eigenvalue weighted by Crippen LogP contribution is -2.32. The van der Waals surface area contributed by atoms with Crippen LogP contribution in [0.15, 0.2) is 108 Å². The molecule has 0 heterocycles. The highest BCUT2D eigenvalue weighted by Crippen LogP contribution is 2.25. The zero-order valence-electron chi connectivity index (χ0n) is 21.8. The Hall–Kier alpha value is -4.47. The first-order valence-electron chi connectivity index (χ1n) is 12.2. The molecule has 0 unspecified atom stereocenters. The van der Waals surface area contributed by atoms with Crippen molar-refractivity contribution in [3.05, 3.63) is 130 Å². The fourth-order valence-electron chi connectivity index (χ4n) is 3.93. The highest BCUT2D eigenvalue weighted by Gasteiger charge is 2.23. The van der Waals surface area contributed by atoms with E-state index < -0.39 is 15.9 Å². The smallest absolute Gasteiger partial charge is 0.273 e. The summed E-state index contributed by atoms with van der Waals surface area (Å²) in [6, 6.07) is 29.2. The Balaban J connectivity index is 1.52. The lowest BCUT2D eigenvalue weighted by Gasteiger charge is -2.24. The molecule has 4 aromatic carbocycles. The number of halogens is 1. The van der Waals surface area contributed by atoms with E-state index in [-0.39, 0.29) is 23.7 Å². The van der Waals surface area contributed by atoms with E-state index in [9.17, 15) is 18.0 Å². The van der Waals surface area contributed by atoms with E-state index in [2.05, 4.69) is 15.8 Å². The molecule has 0 saturated heterocycles. The number of anilines is 2. The number of rotatable bonds is 9. The first-order chi connectivity index (χ1) is 19.1. The van der Waals surface area contributed by atoms with Gasteiger partial charge in [-0.2, -0.15) is 5.10 Å². The maximum atomic E-state index is 13.2. The summed E-state index contributed by atoms with van der Waals surface area (Å²) in [5.41, 5.74) is 5.81. The highest BCUT2D eigenvalue weighted by molar-refractivity contribution is 7.92. The molecule has 0 aromatic heterocycles. The molecule has 0 aliphatic heterocycles. The van der Waals surface area contributed by atoms with Gasteiger partial charge in [0.2, 0.25) is 10.0 Å². The number of sulfonamides is 1. The Labute approximate surface area is 238 Å². The Morgan fingerprint density at radius 2 is 1.50 bits per heavy atom. The van der Waals surface area contributed by atoms with Crippen LogP contribution in [0.2, 0.25) is 5.02 Å². The van der Waals surface area contributed by atoms with E-state index in [4.69, 9.17) is 11.6 Å². The van der Waals surface area contributed by atoms with Gasteiger partial charge >= 0.3 is 0 Å². The van der Waals surface area contributed by atoms with Gasteiger partial charge in [-0.05, 0) is 60.5 Å². The normalized spacial score (nSPS) is 11.5. The zero-order chi connectivity index (χ0) is 28.7. The first-order valence-corrected chi connectivity index (χ1v) is 14.5. The van der Waals surface area contributed by atoms with Crippen LogP contribution >= 0.6 is 11.6 Å². The summed E-state index contributed by atoms with van der Waals surface area (Å²) in [5, 5.41) is 7.51. The maximum Gasteiger partial charge on any atom is 0.273 e. The Morgan fingerprint density at radius 1 is 0.825 bits per heavy atom. The summed E-state index contributed by atoms with van der Waals surface area (Å²) >= 11 is 5.99. The van der Waals surface area contributed by atoms with Gasteiger partial charge < -0.3 is 5.32 Å². The molecular weight excluding hydrogens is 548 g/mol. The van der Waals surface area contributed by atoms with Crippen LogP contribution in [0.3, 0.4) is 0 Å². The lowest BCUT2D eigenvalue weighted by atomic mass is 10.1. The molecule has 0 aliphatic rings. The van der Waals surface area contributed by atoms with Gasteiger partial charge in [-0.1, -0.05) is 72.3 Å². The van der Waals surface area contributed by atoms with Crippen molar-refractivity contribution in [2.45, 2.75) is 13.5 Å². The molecule has 8 nitrogen and oxygen atoms in total. The quantitative estimate of drug-likeness (QED) is 0.197. The second-order valence-electron chi connectivity index (χ2n) is 8.96. The standard InChI is InChI=1S/C30H27ClN4O4S/c1-21(23-12-9-15-26(19-23)32-29(36)24-13-8-14-25(31)18-24)33-34-30(37)27-16-6-7-17-28(27)35(40(2,38)39)20-22-10-4-3-5-11-22/h3-19H,20H2,1-2H3,(H,32,36)(H,34,37). The van der Waals surface area contributed by atoms with Crippen LogP contribution in [0, 0.1) is 0 Å². The van der Waals surface area contributed by atoms with E-state index >= 15 is 0 Å². The van der Waals surface area contributed by atoms with E-state index in [1.165, 1.54) is 4.31 Å². The summed E-state index contributed by atoms with van der Waals surface area (Å²) in [6.07, 6.45) is 1.10. The van der Waals surface area contributed by atoms with Crippen LogP contribution in [0.25, 0.3) is 0 Å². The second kappa shape index (κ2) is 12.6. The summed E-state index contributed by atoms with van der Waals surface area (Å²) in [7, 11) is -3.71. The minimum absolute atomic E-state index is 0.0694. The van der Waals surface area contributed by atoms with Crippen LogP contribution in [0.1, 0.15) is 38.8 Å². The van der Waals surface area contributed by atoms with Crippen LogP contribution < -0.4 is 15.0 Å². The van der Waals surface area contributed by atoms with Crippen LogP contribution in [-0.2, 0) is 16.6 Å². The van der Waals surface area contributed by atoms with Gasteiger partial charge in [-0.25, -0.2) is 13.8 Å². The van der Waals surface area contributed by atoms with E-state index in [1.807, 2.05) is 30.3 Å². The average Bonchev–Trinajstić information content (AvgIpc) is 2.94. The van der Waals surface area contributed by atoms with Gasteiger partial charge in [0.25, 0.3) is 11.8 Å². The summed E-state index contributed by atoms with van der Waals surface area (Å²) in [6.45, 7) is 1.78. The van der Waals surface area contributed by atoms with Gasteiger partial charge in [0.1, 0.15) is 0 Å². The van der Waals surface area contributed by atoms with Crippen molar-refractivity contribution in [2.24, 2.45) is 5.10 Å². The van der Waals surface area contributed by atoms with Crippen LogP contribution in [-0.4, -0.2) is 32.2 Å². The highest BCUT2D eigenvalue weighted by atomic mass is 35.5. The van der Waals surface area contributed by atoms with Crippen molar-refractivity contribution < 1.29 is 18.0 Å². The molecule has 2 amide bonds. The maximum absolute atomic E-state index is 13.2. The minimum Gasteiger partial charge on any atom is -0.322 e. The molecule has 10 heteroatoms. The predicted molar refractivity (Wildman–Crippen MR) is 159 cm³/mol. The largest absolute Gasteiger partial charge is 0.322 e. The second-order valence-corrected chi connectivity index (χ2v) is 11.3. The number of hydrazone groups is 1. The van der Waals surface area contributed by atoms with Crippen LogP contribution in [0.4, 0.5) is 11.4 Å². The number of para-hydroxylation sites is 1. The van der Waals surface area contributed by atoms with Crippen molar-refractivity contribution in [3.63, 3.8) is 0 Å². The molecule has 4 aromatic rings. The average molecular weight is 575 g/mol. The molecule has 2 N–H and O–H groups in total. The van der Waals surface area contributed by atoms with Crippen LogP contribution in [0.5, 0.6) is 0 Å². The van der Waals surface area contributed by atoms with Gasteiger partial charge in [-0.3, -0.25) is 13.9 Å². The van der Waals surface area contributed by atoms with E-state index in [1.54, 1.807) is 79.7 Å². The fourth-order valence-corrected chi connectivity index (χ4v) is 5.02. The predicted octanol–water partition coefficient (Wildman–Crippen LogP) is 5.71. The first kappa shape index (κ1) is 28.5. The van der Waals surface area contributed by atoms with Crippen molar-refractivity contribution in [2.75, 3.05) is 15.9 Å². The number of hydrogen-bond donors (Lipinski definition) is 2. The van der Waals surface area contributed by atoms with Crippen molar-refractivity contribution >= 4 is 50.5 Å². The van der Waals surface area contributed by atoms with Gasteiger partial charge in [0, 0.05) is 16.3 Å². The summed E-state index contributed by atoms with van der Waals surface area (Å²) in [5.74, 6) is -0.882. The van der Waals surface area contributed by atoms with Gasteiger partial charge in [0.15, 0.2) is 0 Å². The molecule has 0 radical (unpaired) electrons. The number of nitrogens with zero attached hydrogens (tertiary/aromatic N) is 2. The number of carbonyl (C=O) groups is 2. The van der Waals surface area contributed by atoms with E-state index in [0.717, 1.165) is 11.8 Å². The monoisotopic (exact) mass is 574 g/mol. The zero-order valence-corrected chi connectivity index (χ0v) is 23.4. The lowest BCUT2D eigenvalue weighted by molar-refractivity contribution is 0.0954. The number of amides is 2. The van der Waals surface area contributed by atoms with E-state index in [0.29, 0.717) is 27.5 Å². The number of nitrogens with one attached hydrogen (secondary N) is 2. The van der Waals surface area contributed by atoms with Crippen molar-refractivity contribution in [1.82, 2.24) is 5.43 Å². The molecule has 0 aliphatic carbocycles. The third-order valence-corrected chi connectivity index (χ3v) is 7.30. The molecule has 0 spiro atoms. The van der Waals surface area contributed by atoms with Gasteiger partial charge in [-0.15, -0.1) is 0 Å².